The highest BCUT2D eigenvalue weighted by molar-refractivity contribution is 7.13. The smallest absolute Gasteiger partial charge is 0.255 e. The van der Waals surface area contributed by atoms with Crippen LogP contribution < -0.4 is 31.3 Å². The zero-order valence-electron chi connectivity index (χ0n) is 35.2. The second-order valence-corrected chi connectivity index (χ2v) is 17.3. The van der Waals surface area contributed by atoms with Gasteiger partial charge in [-0.2, -0.15) is 0 Å². The molecule has 21 heteroatoms. The maximum absolute atomic E-state index is 14.7. The van der Waals surface area contributed by atoms with E-state index in [0.717, 1.165) is 5.69 Å². The molecule has 8 rings (SSSR count). The van der Waals surface area contributed by atoms with Crippen LogP contribution in [0.15, 0.2) is 72.4 Å². The average Bonchev–Trinajstić information content (AvgIpc) is 4.06. The number of benzene rings is 2. The highest BCUT2D eigenvalue weighted by Gasteiger charge is 2.43. The van der Waals surface area contributed by atoms with E-state index in [9.17, 15) is 28.4 Å². The molecule has 65 heavy (non-hydrogen) atoms. The van der Waals surface area contributed by atoms with Gasteiger partial charge < -0.3 is 35.6 Å². The summed E-state index contributed by atoms with van der Waals surface area (Å²) in [5.41, 5.74) is 2.01. The van der Waals surface area contributed by atoms with Gasteiger partial charge in [0.2, 0.25) is 23.6 Å². The molecule has 0 radical (unpaired) electrons. The molecule has 2 fully saturated rings. The molecule has 2 aromatic carbocycles. The molecule has 5 aromatic rings. The first-order valence-electron chi connectivity index (χ1n) is 21.3. The van der Waals surface area contributed by atoms with Crippen molar-refractivity contribution in [1.82, 2.24) is 45.8 Å². The Kier molecular flexibility index (Phi) is 14.4. The number of amides is 5. The molecule has 18 nitrogen and oxygen atoms in total. The number of carbonyl (C=O) groups excluding carboxylic acids is 5. The second kappa shape index (κ2) is 20.7. The van der Waals surface area contributed by atoms with E-state index in [4.69, 9.17) is 26.1 Å². The number of carbonyl (C=O) groups is 5. The zero-order valence-corrected chi connectivity index (χ0v) is 36.8. The molecular weight excluding hydrogens is 881 g/mol. The van der Waals surface area contributed by atoms with Gasteiger partial charge >= 0.3 is 0 Å². The average molecular weight is 928 g/mol. The van der Waals surface area contributed by atoms with Gasteiger partial charge in [-0.1, -0.05) is 35.0 Å². The fourth-order valence-electron chi connectivity index (χ4n) is 8.28. The molecule has 1 saturated heterocycles. The number of hydrogen-bond acceptors (Lipinski definition) is 14. The van der Waals surface area contributed by atoms with Crippen LogP contribution in [0, 0.1) is 11.2 Å². The van der Waals surface area contributed by atoms with E-state index >= 15 is 0 Å². The molecule has 3 aromatic heterocycles. The minimum atomic E-state index is -0.818. The first-order valence-corrected chi connectivity index (χ1v) is 22.5. The summed E-state index contributed by atoms with van der Waals surface area (Å²) in [6, 6.07) is 14.6. The number of nitrogens with zero attached hydrogens (tertiary/aromatic N) is 6. The van der Waals surface area contributed by atoms with Crippen molar-refractivity contribution in [3.8, 4) is 5.75 Å². The Bertz CT molecular complexity index is 2540. The molecule has 5 N–H and O–H groups in total. The number of thiazole rings is 1. The number of hydrogen-bond donors (Lipinski definition) is 5. The van der Waals surface area contributed by atoms with E-state index in [1.807, 2.05) is 23.6 Å². The van der Waals surface area contributed by atoms with Gasteiger partial charge in [-0.05, 0) is 68.5 Å². The van der Waals surface area contributed by atoms with Crippen LogP contribution >= 0.6 is 22.9 Å². The largest absolute Gasteiger partial charge is 0.487 e. The first-order chi connectivity index (χ1) is 31.5. The van der Waals surface area contributed by atoms with E-state index in [2.05, 4.69) is 41.9 Å². The van der Waals surface area contributed by atoms with Gasteiger partial charge in [-0.3, -0.25) is 29.3 Å². The normalized spacial score (nSPS) is 19.4. The van der Waals surface area contributed by atoms with Gasteiger partial charge in [0.1, 0.15) is 17.6 Å². The summed E-state index contributed by atoms with van der Waals surface area (Å²) >= 11 is 7.45. The number of pyridine rings is 1. The SMILES string of the molecule is O=C1CCC(N2Cc3c(NC(=O)CNCCOCCn4cc(CNC(=O)C5(Cc6cccc(Nc7nccs7)n6)CCC(Oc6cccc(Cl)c6F)CC5)nn4)cccc3C2=O)C(=O)N1. The van der Waals surface area contributed by atoms with E-state index < -0.39 is 23.2 Å². The summed E-state index contributed by atoms with van der Waals surface area (Å²) in [6.07, 6.45) is 5.92. The molecule has 3 aliphatic rings. The number of anilines is 3. The number of imide groups is 1. The van der Waals surface area contributed by atoms with Crippen LogP contribution in [0.2, 0.25) is 5.02 Å². The summed E-state index contributed by atoms with van der Waals surface area (Å²) in [5.74, 6) is -1.53. The lowest BCUT2D eigenvalue weighted by molar-refractivity contribution is -0.137. The Morgan fingerprint density at radius 2 is 1.85 bits per heavy atom. The molecule has 0 bridgehead atoms. The Morgan fingerprint density at radius 1 is 1.02 bits per heavy atom. The first kappa shape index (κ1) is 45.2. The highest BCUT2D eigenvalue weighted by atomic mass is 35.5. The van der Waals surface area contributed by atoms with Gasteiger partial charge in [0.15, 0.2) is 16.7 Å². The second-order valence-electron chi connectivity index (χ2n) is 16.0. The predicted molar refractivity (Wildman–Crippen MR) is 237 cm³/mol. The molecule has 0 spiro atoms. The molecule has 340 valence electrons. The highest BCUT2D eigenvalue weighted by Crippen LogP contribution is 2.41. The topological polar surface area (TPSA) is 224 Å². The standard InChI is InChI=1S/C44H47ClFN11O7S/c45-32-6-3-8-35(39(32)46)64-29-12-14-44(15-13-29,22-27-4-1-9-36(50-27)52-43-48-17-21-65-43)42(62)49-23-28-25-56(55-54-28)18-20-63-19-16-47-24-38(59)51-33-7-2-5-30-31(33)26-57(41(30)61)34-10-11-37(58)53-40(34)60/h1-9,17,21,25,29,34,47H,10-16,18-20,22-24,26H2,(H,49,62)(H,51,59)(H,48,50,52)(H,53,58,60). The van der Waals surface area contributed by atoms with E-state index in [1.165, 1.54) is 22.3 Å². The Hall–Kier alpha value is -6.35. The summed E-state index contributed by atoms with van der Waals surface area (Å²) in [4.78, 5) is 74.6. The molecule has 2 aliphatic heterocycles. The Morgan fingerprint density at radius 3 is 2.66 bits per heavy atom. The number of rotatable bonds is 19. The van der Waals surface area contributed by atoms with Gasteiger partial charge in [0.25, 0.3) is 5.91 Å². The fraction of sp³-hybridized carbons (Fsp3) is 0.386. The van der Waals surface area contributed by atoms with E-state index in [1.54, 1.807) is 47.4 Å². The number of ether oxygens (including phenoxy) is 2. The summed E-state index contributed by atoms with van der Waals surface area (Å²) in [5, 5.41) is 25.5. The zero-order chi connectivity index (χ0) is 45.3. The molecule has 1 aliphatic carbocycles. The lowest BCUT2D eigenvalue weighted by Gasteiger charge is -2.39. The van der Waals surface area contributed by atoms with Crippen molar-refractivity contribution < 1.29 is 37.8 Å². The van der Waals surface area contributed by atoms with Gasteiger partial charge in [-0.25, -0.2) is 19.0 Å². The van der Waals surface area contributed by atoms with Crippen molar-refractivity contribution in [3.63, 3.8) is 0 Å². The molecular formula is C44H47ClFN11O7S. The monoisotopic (exact) mass is 927 g/mol. The van der Waals surface area contributed by atoms with Crippen LogP contribution in [-0.2, 0) is 50.0 Å². The number of fused-ring (bicyclic) bond motifs is 1. The van der Waals surface area contributed by atoms with Gasteiger partial charge in [0, 0.05) is 60.0 Å². The van der Waals surface area contributed by atoms with Gasteiger partial charge in [-0.15, -0.1) is 16.4 Å². The predicted octanol–water partition coefficient (Wildman–Crippen LogP) is 4.54. The third-order valence-electron chi connectivity index (χ3n) is 11.6. The van der Waals surface area contributed by atoms with Crippen molar-refractivity contribution in [2.24, 2.45) is 5.41 Å². The number of nitrogens with one attached hydrogen (secondary N) is 5. The van der Waals surface area contributed by atoms with Crippen molar-refractivity contribution in [2.45, 2.75) is 76.7 Å². The third kappa shape index (κ3) is 11.1. The Labute approximate surface area is 382 Å². The van der Waals surface area contributed by atoms with Crippen molar-refractivity contribution >= 4 is 69.1 Å². The maximum atomic E-state index is 14.7. The Balaban J connectivity index is 0.777. The van der Waals surface area contributed by atoms with Crippen LogP contribution in [-0.4, -0.2) is 97.8 Å². The summed E-state index contributed by atoms with van der Waals surface area (Å²) in [7, 11) is 0. The van der Waals surface area contributed by atoms with Crippen LogP contribution in [0.25, 0.3) is 0 Å². The third-order valence-corrected chi connectivity index (χ3v) is 12.6. The minimum absolute atomic E-state index is 0.00202. The van der Waals surface area contributed by atoms with Gasteiger partial charge in [0.05, 0.1) is 55.6 Å². The van der Waals surface area contributed by atoms with Crippen LogP contribution in [0.5, 0.6) is 5.75 Å². The quantitative estimate of drug-likeness (QED) is 0.0568. The number of halogens is 2. The lowest BCUT2D eigenvalue weighted by Crippen LogP contribution is -2.52. The summed E-state index contributed by atoms with van der Waals surface area (Å²) < 4.78 is 28.1. The molecule has 1 unspecified atom stereocenters. The van der Waals surface area contributed by atoms with E-state index in [-0.39, 0.29) is 73.0 Å². The van der Waals surface area contributed by atoms with Crippen LogP contribution in [0.1, 0.15) is 65.8 Å². The molecule has 5 heterocycles. The van der Waals surface area contributed by atoms with Crippen molar-refractivity contribution in [2.75, 3.05) is 36.9 Å². The number of aromatic nitrogens is 5. The maximum Gasteiger partial charge on any atom is 0.255 e. The molecule has 1 saturated carbocycles. The lowest BCUT2D eigenvalue weighted by atomic mass is 9.69. The van der Waals surface area contributed by atoms with Crippen LogP contribution in [0.4, 0.5) is 21.0 Å². The number of piperidine rings is 1. The molecule has 5 amide bonds. The van der Waals surface area contributed by atoms with Crippen LogP contribution in [0.3, 0.4) is 0 Å². The van der Waals surface area contributed by atoms with E-state index in [0.29, 0.717) is 91.9 Å². The summed E-state index contributed by atoms with van der Waals surface area (Å²) in [6.45, 7) is 1.75. The molecule has 1 atom stereocenters. The fourth-order valence-corrected chi connectivity index (χ4v) is 8.98. The van der Waals surface area contributed by atoms with Crippen molar-refractivity contribution in [3.05, 3.63) is 106 Å². The van der Waals surface area contributed by atoms with Crippen molar-refractivity contribution in [1.29, 1.82) is 0 Å². The minimum Gasteiger partial charge on any atom is -0.487 e.